The Labute approximate surface area is 127 Å². The van der Waals surface area contributed by atoms with Crippen LogP contribution in [0.5, 0.6) is 11.5 Å². The second-order valence-corrected chi connectivity index (χ2v) is 6.00. The van der Waals surface area contributed by atoms with E-state index >= 15 is 0 Å². The Morgan fingerprint density at radius 3 is 2.48 bits per heavy atom. The first kappa shape index (κ1) is 14.7. The molecule has 2 aliphatic rings. The SMILES string of the molecule is COc1cc2c(c(OC)c1)[C@@H](N1CCCCCC1)CNC2. The fourth-order valence-corrected chi connectivity index (χ4v) is 3.63. The number of ether oxygens (including phenoxy) is 2. The number of likely N-dealkylation sites (tertiary alicyclic amines) is 1. The van der Waals surface area contributed by atoms with Crippen molar-refractivity contribution in [2.24, 2.45) is 0 Å². The van der Waals surface area contributed by atoms with Gasteiger partial charge < -0.3 is 14.8 Å². The molecule has 4 heteroatoms. The largest absolute Gasteiger partial charge is 0.497 e. The summed E-state index contributed by atoms with van der Waals surface area (Å²) >= 11 is 0. The number of nitrogens with zero attached hydrogens (tertiary/aromatic N) is 1. The zero-order valence-electron chi connectivity index (χ0n) is 13.2. The van der Waals surface area contributed by atoms with Gasteiger partial charge in [0, 0.05) is 24.7 Å². The molecule has 1 aromatic rings. The van der Waals surface area contributed by atoms with Gasteiger partial charge in [-0.05, 0) is 37.6 Å². The third-order valence-electron chi connectivity index (χ3n) is 4.72. The van der Waals surface area contributed by atoms with Crippen LogP contribution in [0.3, 0.4) is 0 Å². The molecule has 2 heterocycles. The lowest BCUT2D eigenvalue weighted by Crippen LogP contribution is -2.40. The molecule has 0 unspecified atom stereocenters. The number of hydrogen-bond acceptors (Lipinski definition) is 4. The predicted octanol–water partition coefficient (Wildman–Crippen LogP) is 2.72. The van der Waals surface area contributed by atoms with E-state index in [4.69, 9.17) is 9.47 Å². The van der Waals surface area contributed by atoms with Crippen LogP contribution >= 0.6 is 0 Å². The highest BCUT2D eigenvalue weighted by Gasteiger charge is 2.29. The number of fused-ring (bicyclic) bond motifs is 1. The Bertz CT molecular complexity index is 465. The van der Waals surface area contributed by atoms with Gasteiger partial charge in [-0.2, -0.15) is 0 Å². The molecule has 1 fully saturated rings. The van der Waals surface area contributed by atoms with Gasteiger partial charge in [0.25, 0.3) is 0 Å². The van der Waals surface area contributed by atoms with E-state index < -0.39 is 0 Å². The van der Waals surface area contributed by atoms with E-state index in [0.717, 1.165) is 24.6 Å². The summed E-state index contributed by atoms with van der Waals surface area (Å²) in [6.07, 6.45) is 5.35. The maximum absolute atomic E-state index is 5.67. The van der Waals surface area contributed by atoms with E-state index in [1.54, 1.807) is 14.2 Å². The summed E-state index contributed by atoms with van der Waals surface area (Å²) in [6.45, 7) is 4.30. The molecule has 0 aromatic heterocycles. The third kappa shape index (κ3) is 3.01. The molecule has 21 heavy (non-hydrogen) atoms. The van der Waals surface area contributed by atoms with Gasteiger partial charge in [0.05, 0.1) is 20.3 Å². The Hall–Kier alpha value is -1.26. The number of rotatable bonds is 3. The molecule has 116 valence electrons. The van der Waals surface area contributed by atoms with Crippen LogP contribution in [0.4, 0.5) is 0 Å². The van der Waals surface area contributed by atoms with Crippen LogP contribution in [-0.2, 0) is 6.54 Å². The molecule has 0 spiro atoms. The van der Waals surface area contributed by atoms with Gasteiger partial charge in [-0.25, -0.2) is 0 Å². The van der Waals surface area contributed by atoms with Crippen LogP contribution in [0.15, 0.2) is 12.1 Å². The van der Waals surface area contributed by atoms with Crippen molar-refractivity contribution < 1.29 is 9.47 Å². The summed E-state index contributed by atoms with van der Waals surface area (Å²) in [5.74, 6) is 1.85. The molecular weight excluding hydrogens is 264 g/mol. The zero-order chi connectivity index (χ0) is 14.7. The van der Waals surface area contributed by atoms with Crippen molar-refractivity contribution in [3.8, 4) is 11.5 Å². The molecule has 0 bridgehead atoms. The molecule has 0 saturated carbocycles. The van der Waals surface area contributed by atoms with E-state index in [0.29, 0.717) is 6.04 Å². The molecule has 1 N–H and O–H groups in total. The van der Waals surface area contributed by atoms with E-state index in [1.807, 2.05) is 6.07 Å². The van der Waals surface area contributed by atoms with E-state index in [1.165, 1.54) is 49.9 Å². The summed E-state index contributed by atoms with van der Waals surface area (Å²) in [4.78, 5) is 2.63. The average Bonchev–Trinajstić information content (AvgIpc) is 2.82. The minimum absolute atomic E-state index is 0.424. The molecule has 4 nitrogen and oxygen atoms in total. The van der Waals surface area contributed by atoms with Crippen LogP contribution in [0.1, 0.15) is 42.9 Å². The molecule has 3 rings (SSSR count). The molecule has 0 amide bonds. The molecule has 1 aromatic carbocycles. The van der Waals surface area contributed by atoms with E-state index in [2.05, 4.69) is 16.3 Å². The lowest BCUT2D eigenvalue weighted by Gasteiger charge is -2.36. The summed E-state index contributed by atoms with van der Waals surface area (Å²) < 4.78 is 11.1. The molecule has 1 saturated heterocycles. The monoisotopic (exact) mass is 290 g/mol. The maximum Gasteiger partial charge on any atom is 0.127 e. The number of benzene rings is 1. The first-order valence-electron chi connectivity index (χ1n) is 8.03. The van der Waals surface area contributed by atoms with Crippen molar-refractivity contribution in [3.63, 3.8) is 0 Å². The highest BCUT2D eigenvalue weighted by atomic mass is 16.5. The van der Waals surface area contributed by atoms with Crippen LogP contribution in [0, 0.1) is 0 Å². The van der Waals surface area contributed by atoms with Crippen LogP contribution in [-0.4, -0.2) is 38.8 Å². The molecule has 0 aliphatic carbocycles. The Morgan fingerprint density at radius 2 is 1.81 bits per heavy atom. The maximum atomic E-state index is 5.67. The Balaban J connectivity index is 1.95. The first-order chi connectivity index (χ1) is 10.3. The van der Waals surface area contributed by atoms with Gasteiger partial charge in [-0.15, -0.1) is 0 Å². The minimum Gasteiger partial charge on any atom is -0.497 e. The van der Waals surface area contributed by atoms with Crippen molar-refractivity contribution in [3.05, 3.63) is 23.3 Å². The molecular formula is C17H26N2O2. The van der Waals surface area contributed by atoms with Gasteiger partial charge >= 0.3 is 0 Å². The van der Waals surface area contributed by atoms with Crippen molar-refractivity contribution in [1.29, 1.82) is 0 Å². The Kier molecular flexibility index (Phi) is 4.66. The van der Waals surface area contributed by atoms with Gasteiger partial charge in [-0.1, -0.05) is 12.8 Å². The first-order valence-corrected chi connectivity index (χ1v) is 8.03. The predicted molar refractivity (Wildman–Crippen MR) is 84.0 cm³/mol. The van der Waals surface area contributed by atoms with Gasteiger partial charge in [-0.3, -0.25) is 4.90 Å². The summed E-state index contributed by atoms with van der Waals surface area (Å²) in [7, 11) is 3.47. The highest BCUT2D eigenvalue weighted by molar-refractivity contribution is 5.49. The van der Waals surface area contributed by atoms with Gasteiger partial charge in [0.2, 0.25) is 0 Å². The minimum atomic E-state index is 0.424. The molecule has 1 atom stereocenters. The summed E-state index contributed by atoms with van der Waals surface area (Å²) in [5, 5.41) is 3.56. The zero-order valence-corrected chi connectivity index (χ0v) is 13.2. The molecule has 0 radical (unpaired) electrons. The van der Waals surface area contributed by atoms with Crippen molar-refractivity contribution in [1.82, 2.24) is 10.2 Å². The number of nitrogens with one attached hydrogen (secondary N) is 1. The van der Waals surface area contributed by atoms with Crippen molar-refractivity contribution in [2.75, 3.05) is 33.9 Å². The topological polar surface area (TPSA) is 33.7 Å². The fourth-order valence-electron chi connectivity index (χ4n) is 3.63. The summed E-state index contributed by atoms with van der Waals surface area (Å²) in [5.41, 5.74) is 2.67. The van der Waals surface area contributed by atoms with Gasteiger partial charge in [0.1, 0.15) is 11.5 Å². The number of hydrogen-bond donors (Lipinski definition) is 1. The van der Waals surface area contributed by atoms with Crippen LogP contribution in [0.25, 0.3) is 0 Å². The van der Waals surface area contributed by atoms with E-state index in [-0.39, 0.29) is 0 Å². The van der Waals surface area contributed by atoms with Crippen LogP contribution < -0.4 is 14.8 Å². The highest BCUT2D eigenvalue weighted by Crippen LogP contribution is 2.38. The lowest BCUT2D eigenvalue weighted by molar-refractivity contribution is 0.187. The second kappa shape index (κ2) is 6.67. The average molecular weight is 290 g/mol. The number of methoxy groups -OCH3 is 2. The second-order valence-electron chi connectivity index (χ2n) is 6.00. The smallest absolute Gasteiger partial charge is 0.127 e. The molecule has 2 aliphatic heterocycles. The standard InChI is InChI=1S/C17H26N2O2/c1-20-14-9-13-11-18-12-15(17(13)16(10-14)21-2)19-7-5-3-4-6-8-19/h9-10,15,18H,3-8,11-12H2,1-2H3/t15-/m0/s1. The van der Waals surface area contributed by atoms with Gasteiger partial charge in [0.15, 0.2) is 0 Å². The van der Waals surface area contributed by atoms with Crippen molar-refractivity contribution in [2.45, 2.75) is 38.3 Å². The Morgan fingerprint density at radius 1 is 1.05 bits per heavy atom. The van der Waals surface area contributed by atoms with E-state index in [9.17, 15) is 0 Å². The quantitative estimate of drug-likeness (QED) is 0.928. The van der Waals surface area contributed by atoms with Crippen molar-refractivity contribution >= 4 is 0 Å². The normalized spacial score (nSPS) is 23.2. The fraction of sp³-hybridized carbons (Fsp3) is 0.647. The third-order valence-corrected chi connectivity index (χ3v) is 4.72. The summed E-state index contributed by atoms with van der Waals surface area (Å²) in [6, 6.07) is 4.59. The van der Waals surface area contributed by atoms with Crippen LogP contribution in [0.2, 0.25) is 0 Å². The lowest BCUT2D eigenvalue weighted by atomic mass is 9.93.